The molecule has 1 heterocycles. The molecular formula is C8H11N3O3. The van der Waals surface area contributed by atoms with Gasteiger partial charge in [0, 0.05) is 24.7 Å². The molecule has 0 unspecified atom stereocenters. The minimum absolute atomic E-state index is 0.231. The van der Waals surface area contributed by atoms with E-state index >= 15 is 0 Å². The van der Waals surface area contributed by atoms with Crippen LogP contribution >= 0.6 is 0 Å². The summed E-state index contributed by atoms with van der Waals surface area (Å²) in [4.78, 5) is 34.2. The van der Waals surface area contributed by atoms with Crippen LogP contribution in [-0.4, -0.2) is 35.8 Å². The summed E-state index contributed by atoms with van der Waals surface area (Å²) >= 11 is 0. The van der Waals surface area contributed by atoms with Crippen molar-refractivity contribution in [2.24, 2.45) is 5.73 Å². The lowest BCUT2D eigenvalue weighted by atomic mass is 10.3. The number of nitrogens with one attached hydrogen (secondary N) is 1. The SMILES string of the molecule is CC1=CC(=O)N(C(=O)NCCN)C1=O. The van der Waals surface area contributed by atoms with Crippen LogP contribution in [0.25, 0.3) is 0 Å². The zero-order chi connectivity index (χ0) is 10.7. The fraction of sp³-hybridized carbons (Fsp3) is 0.375. The number of urea groups is 1. The molecule has 0 aromatic heterocycles. The van der Waals surface area contributed by atoms with Gasteiger partial charge in [-0.2, -0.15) is 4.90 Å². The lowest BCUT2D eigenvalue weighted by Crippen LogP contribution is -2.45. The highest BCUT2D eigenvalue weighted by Gasteiger charge is 2.33. The highest BCUT2D eigenvalue weighted by molar-refractivity contribution is 6.24. The van der Waals surface area contributed by atoms with Crippen molar-refractivity contribution < 1.29 is 14.4 Å². The van der Waals surface area contributed by atoms with Gasteiger partial charge in [0.2, 0.25) is 0 Å². The van der Waals surface area contributed by atoms with Gasteiger partial charge in [0.15, 0.2) is 0 Å². The molecule has 76 valence electrons. The summed E-state index contributed by atoms with van der Waals surface area (Å²) in [6.07, 6.45) is 1.13. The van der Waals surface area contributed by atoms with Gasteiger partial charge in [-0.3, -0.25) is 9.59 Å². The predicted octanol–water partition coefficient (Wildman–Crippen LogP) is -1.03. The number of hydrogen-bond donors (Lipinski definition) is 2. The molecule has 0 radical (unpaired) electrons. The highest BCUT2D eigenvalue weighted by atomic mass is 16.2. The molecule has 0 bridgehead atoms. The van der Waals surface area contributed by atoms with Crippen molar-refractivity contribution in [3.05, 3.63) is 11.6 Å². The van der Waals surface area contributed by atoms with Gasteiger partial charge in [-0.25, -0.2) is 4.79 Å². The molecule has 1 aliphatic rings. The Hall–Kier alpha value is -1.69. The van der Waals surface area contributed by atoms with Crippen molar-refractivity contribution in [3.63, 3.8) is 0 Å². The third-order valence-electron chi connectivity index (χ3n) is 1.72. The molecule has 14 heavy (non-hydrogen) atoms. The molecule has 4 amide bonds. The van der Waals surface area contributed by atoms with E-state index in [0.717, 1.165) is 6.08 Å². The zero-order valence-electron chi connectivity index (χ0n) is 7.74. The van der Waals surface area contributed by atoms with Crippen molar-refractivity contribution in [1.29, 1.82) is 0 Å². The molecule has 1 rings (SSSR count). The Morgan fingerprint density at radius 2 is 2.21 bits per heavy atom. The van der Waals surface area contributed by atoms with Crippen LogP contribution in [0.15, 0.2) is 11.6 Å². The normalized spacial score (nSPS) is 15.9. The van der Waals surface area contributed by atoms with E-state index in [2.05, 4.69) is 5.32 Å². The second-order valence-electron chi connectivity index (χ2n) is 2.83. The van der Waals surface area contributed by atoms with Crippen molar-refractivity contribution >= 4 is 17.8 Å². The molecule has 3 N–H and O–H groups in total. The number of hydrogen-bond acceptors (Lipinski definition) is 4. The molecular weight excluding hydrogens is 186 g/mol. The van der Waals surface area contributed by atoms with Gasteiger partial charge in [-0.05, 0) is 6.92 Å². The van der Waals surface area contributed by atoms with Crippen molar-refractivity contribution in [2.75, 3.05) is 13.1 Å². The van der Waals surface area contributed by atoms with Crippen LogP contribution in [0.1, 0.15) is 6.92 Å². The molecule has 0 saturated carbocycles. The Labute approximate surface area is 80.7 Å². The molecule has 0 aromatic carbocycles. The summed E-state index contributed by atoms with van der Waals surface area (Å²) in [6, 6.07) is -0.724. The average molecular weight is 197 g/mol. The molecule has 0 atom stereocenters. The number of rotatable bonds is 2. The Kier molecular flexibility index (Phi) is 2.98. The van der Waals surface area contributed by atoms with Crippen molar-refractivity contribution in [1.82, 2.24) is 10.2 Å². The van der Waals surface area contributed by atoms with E-state index < -0.39 is 17.8 Å². The molecule has 6 heteroatoms. The van der Waals surface area contributed by atoms with Gasteiger partial charge < -0.3 is 11.1 Å². The molecule has 0 fully saturated rings. The molecule has 0 saturated heterocycles. The van der Waals surface area contributed by atoms with E-state index in [1.54, 1.807) is 0 Å². The van der Waals surface area contributed by atoms with Gasteiger partial charge >= 0.3 is 6.03 Å². The summed E-state index contributed by atoms with van der Waals surface area (Å²) in [5, 5.41) is 2.34. The third-order valence-corrected chi connectivity index (χ3v) is 1.72. The van der Waals surface area contributed by atoms with Crippen LogP contribution < -0.4 is 11.1 Å². The van der Waals surface area contributed by atoms with Crippen LogP contribution in [0.5, 0.6) is 0 Å². The van der Waals surface area contributed by atoms with Gasteiger partial charge in [0.05, 0.1) is 0 Å². The van der Waals surface area contributed by atoms with E-state index in [4.69, 9.17) is 5.73 Å². The van der Waals surface area contributed by atoms with Crippen LogP contribution in [0.4, 0.5) is 4.79 Å². The maximum Gasteiger partial charge on any atom is 0.331 e. The van der Waals surface area contributed by atoms with E-state index in [0.29, 0.717) is 4.90 Å². The Morgan fingerprint density at radius 3 is 2.64 bits per heavy atom. The fourth-order valence-corrected chi connectivity index (χ4v) is 1.04. The Balaban J connectivity index is 2.67. The number of nitrogens with two attached hydrogens (primary N) is 1. The van der Waals surface area contributed by atoms with Gasteiger partial charge in [-0.1, -0.05) is 0 Å². The van der Waals surface area contributed by atoms with Gasteiger partial charge in [-0.15, -0.1) is 0 Å². The molecule has 1 aliphatic heterocycles. The number of carbonyl (C=O) groups excluding carboxylic acids is 3. The Bertz CT molecular complexity index is 322. The first kappa shape index (κ1) is 10.4. The monoisotopic (exact) mass is 197 g/mol. The first-order chi connectivity index (χ1) is 6.57. The second-order valence-corrected chi connectivity index (χ2v) is 2.83. The van der Waals surface area contributed by atoms with Crippen LogP contribution in [0, 0.1) is 0 Å². The summed E-state index contributed by atoms with van der Waals surface area (Å²) < 4.78 is 0. The third kappa shape index (κ3) is 1.80. The summed E-state index contributed by atoms with van der Waals surface area (Å²) in [6.45, 7) is 1.97. The van der Waals surface area contributed by atoms with Crippen molar-refractivity contribution in [3.8, 4) is 0 Å². The average Bonchev–Trinajstić information content (AvgIpc) is 2.38. The van der Waals surface area contributed by atoms with Crippen LogP contribution in [0.3, 0.4) is 0 Å². The maximum atomic E-state index is 11.3. The lowest BCUT2D eigenvalue weighted by Gasteiger charge is -2.12. The topological polar surface area (TPSA) is 92.5 Å². The molecule has 0 aromatic rings. The first-order valence-corrected chi connectivity index (χ1v) is 4.12. The van der Waals surface area contributed by atoms with Crippen LogP contribution in [-0.2, 0) is 9.59 Å². The predicted molar refractivity (Wildman–Crippen MR) is 48.1 cm³/mol. The minimum Gasteiger partial charge on any atom is -0.336 e. The minimum atomic E-state index is -0.724. The van der Waals surface area contributed by atoms with Gasteiger partial charge in [0.25, 0.3) is 11.8 Å². The number of nitrogens with zero attached hydrogens (tertiary/aromatic N) is 1. The van der Waals surface area contributed by atoms with E-state index in [1.165, 1.54) is 6.92 Å². The lowest BCUT2D eigenvalue weighted by molar-refractivity contribution is -0.133. The fourth-order valence-electron chi connectivity index (χ4n) is 1.04. The highest BCUT2D eigenvalue weighted by Crippen LogP contribution is 2.11. The van der Waals surface area contributed by atoms with E-state index in [-0.39, 0.29) is 18.7 Å². The Morgan fingerprint density at radius 1 is 1.57 bits per heavy atom. The second kappa shape index (κ2) is 4.01. The molecule has 6 nitrogen and oxygen atoms in total. The quantitative estimate of drug-likeness (QED) is 0.553. The summed E-state index contributed by atoms with van der Waals surface area (Å²) in [5.41, 5.74) is 5.42. The number of amides is 4. The van der Waals surface area contributed by atoms with Crippen molar-refractivity contribution in [2.45, 2.75) is 6.92 Å². The number of carbonyl (C=O) groups is 3. The summed E-state index contributed by atoms with van der Waals surface area (Å²) in [7, 11) is 0. The van der Waals surface area contributed by atoms with E-state index in [1.807, 2.05) is 0 Å². The van der Waals surface area contributed by atoms with E-state index in [9.17, 15) is 14.4 Å². The van der Waals surface area contributed by atoms with Gasteiger partial charge in [0.1, 0.15) is 0 Å². The molecule has 0 spiro atoms. The largest absolute Gasteiger partial charge is 0.336 e. The van der Waals surface area contributed by atoms with Crippen LogP contribution in [0.2, 0.25) is 0 Å². The zero-order valence-corrected chi connectivity index (χ0v) is 7.74. The maximum absolute atomic E-state index is 11.3. The molecule has 0 aliphatic carbocycles. The number of imide groups is 3. The summed E-state index contributed by atoms with van der Waals surface area (Å²) in [5.74, 6) is -1.19. The first-order valence-electron chi connectivity index (χ1n) is 4.12. The smallest absolute Gasteiger partial charge is 0.331 e. The standard InChI is InChI=1S/C8H11N3O3/c1-5-4-6(12)11(7(5)13)8(14)10-3-2-9/h4H,2-3,9H2,1H3,(H,10,14).